The average Bonchev–Trinajstić information content (AvgIpc) is 2.72. The topological polar surface area (TPSA) is 100 Å². The number of halogens is 1. The molecule has 1 atom stereocenters. The van der Waals surface area contributed by atoms with E-state index in [0.29, 0.717) is 5.56 Å². The standard InChI is InChI=1S/C22H20FN3O4S/c23-16-9-7-14(8-10-16)18(12-20(27)28)25-22(30)24-17-5-3-11-26(21(17)29)13-15-4-1-2-6-19(15)31/h1-11,18,31H,12-13H2,(H,27,28)(H2,24,25,30)/t18-/m0/s1. The van der Waals surface area contributed by atoms with Gasteiger partial charge in [0.05, 0.1) is 19.0 Å². The van der Waals surface area contributed by atoms with Gasteiger partial charge in [-0.15, -0.1) is 12.6 Å². The normalized spacial score (nSPS) is 11.5. The molecule has 9 heteroatoms. The molecule has 3 aromatic rings. The van der Waals surface area contributed by atoms with Crippen molar-refractivity contribution in [2.24, 2.45) is 0 Å². The molecule has 0 unspecified atom stereocenters. The summed E-state index contributed by atoms with van der Waals surface area (Å²) >= 11 is 4.38. The van der Waals surface area contributed by atoms with E-state index in [-0.39, 0.29) is 12.2 Å². The molecule has 160 valence electrons. The molecule has 0 spiro atoms. The Bertz CT molecular complexity index is 1150. The zero-order valence-corrected chi connectivity index (χ0v) is 17.2. The van der Waals surface area contributed by atoms with Gasteiger partial charge in [-0.05, 0) is 41.5 Å². The van der Waals surface area contributed by atoms with Crippen molar-refractivity contribution in [2.75, 3.05) is 5.32 Å². The van der Waals surface area contributed by atoms with Crippen molar-refractivity contribution in [1.82, 2.24) is 9.88 Å². The number of carbonyl (C=O) groups is 2. The molecule has 0 radical (unpaired) electrons. The molecule has 31 heavy (non-hydrogen) atoms. The molecule has 1 aromatic heterocycles. The minimum atomic E-state index is -1.14. The number of nitrogens with one attached hydrogen (secondary N) is 2. The number of hydrogen-bond donors (Lipinski definition) is 4. The molecule has 1 heterocycles. The van der Waals surface area contributed by atoms with Gasteiger partial charge >= 0.3 is 12.0 Å². The first-order valence-corrected chi connectivity index (χ1v) is 9.79. The molecule has 0 saturated carbocycles. The quantitative estimate of drug-likeness (QED) is 0.421. The highest BCUT2D eigenvalue weighted by Crippen LogP contribution is 2.18. The molecule has 0 aliphatic rings. The Labute approximate surface area is 182 Å². The van der Waals surface area contributed by atoms with Crippen LogP contribution >= 0.6 is 12.6 Å². The van der Waals surface area contributed by atoms with E-state index >= 15 is 0 Å². The number of carbonyl (C=O) groups excluding carboxylic acids is 1. The van der Waals surface area contributed by atoms with E-state index in [1.807, 2.05) is 24.3 Å². The smallest absolute Gasteiger partial charge is 0.319 e. The van der Waals surface area contributed by atoms with Crippen LogP contribution in [0.3, 0.4) is 0 Å². The van der Waals surface area contributed by atoms with E-state index in [4.69, 9.17) is 5.11 Å². The second-order valence-corrected chi connectivity index (χ2v) is 7.27. The predicted molar refractivity (Wildman–Crippen MR) is 117 cm³/mol. The van der Waals surface area contributed by atoms with Crippen molar-refractivity contribution in [3.05, 3.63) is 94.2 Å². The Hall–Kier alpha value is -3.59. The molecular weight excluding hydrogens is 421 g/mol. The number of hydrogen-bond acceptors (Lipinski definition) is 4. The van der Waals surface area contributed by atoms with Crippen molar-refractivity contribution in [2.45, 2.75) is 23.9 Å². The van der Waals surface area contributed by atoms with Crippen molar-refractivity contribution in [1.29, 1.82) is 0 Å². The number of thiol groups is 1. The highest BCUT2D eigenvalue weighted by molar-refractivity contribution is 7.80. The maximum atomic E-state index is 13.2. The fraction of sp³-hybridized carbons (Fsp3) is 0.136. The molecule has 0 fully saturated rings. The van der Waals surface area contributed by atoms with E-state index < -0.39 is 35.8 Å². The van der Waals surface area contributed by atoms with E-state index in [9.17, 15) is 18.8 Å². The van der Waals surface area contributed by atoms with Gasteiger partial charge in [0, 0.05) is 11.1 Å². The first-order chi connectivity index (χ1) is 14.8. The van der Waals surface area contributed by atoms with Crippen LogP contribution in [0.5, 0.6) is 0 Å². The van der Waals surface area contributed by atoms with Crippen LogP contribution in [0.1, 0.15) is 23.6 Å². The van der Waals surface area contributed by atoms with Gasteiger partial charge in [-0.25, -0.2) is 9.18 Å². The Morgan fingerprint density at radius 2 is 1.77 bits per heavy atom. The maximum absolute atomic E-state index is 13.2. The van der Waals surface area contributed by atoms with Gasteiger partial charge in [0.25, 0.3) is 5.56 Å². The van der Waals surface area contributed by atoms with Crippen LogP contribution in [0, 0.1) is 5.82 Å². The van der Waals surface area contributed by atoms with Gasteiger partial charge in [-0.2, -0.15) is 0 Å². The van der Waals surface area contributed by atoms with Crippen molar-refractivity contribution < 1.29 is 19.1 Å². The van der Waals surface area contributed by atoms with Crippen molar-refractivity contribution in [3.8, 4) is 0 Å². The maximum Gasteiger partial charge on any atom is 0.319 e. The monoisotopic (exact) mass is 441 g/mol. The van der Waals surface area contributed by atoms with Gasteiger partial charge in [0.2, 0.25) is 0 Å². The first kappa shape index (κ1) is 22.1. The number of rotatable bonds is 7. The molecule has 3 N–H and O–H groups in total. The fourth-order valence-electron chi connectivity index (χ4n) is 3.02. The fourth-order valence-corrected chi connectivity index (χ4v) is 3.25. The molecular formula is C22H20FN3O4S. The number of urea groups is 1. The number of pyridine rings is 1. The number of amides is 2. The van der Waals surface area contributed by atoms with Crippen molar-refractivity contribution in [3.63, 3.8) is 0 Å². The third-order valence-electron chi connectivity index (χ3n) is 4.56. The van der Waals surface area contributed by atoms with Gasteiger partial charge in [-0.1, -0.05) is 30.3 Å². The highest BCUT2D eigenvalue weighted by atomic mass is 32.1. The zero-order chi connectivity index (χ0) is 22.4. The summed E-state index contributed by atoms with van der Waals surface area (Å²) in [5.74, 6) is -1.61. The Morgan fingerprint density at radius 3 is 2.45 bits per heavy atom. The lowest BCUT2D eigenvalue weighted by atomic mass is 10.0. The van der Waals surface area contributed by atoms with Crippen molar-refractivity contribution >= 4 is 30.3 Å². The second kappa shape index (κ2) is 9.94. The van der Waals surface area contributed by atoms with Crippen LogP contribution in [-0.4, -0.2) is 21.7 Å². The minimum absolute atomic E-state index is 0.0322. The molecule has 0 aliphatic heterocycles. The number of carboxylic acid groups (broad SMARTS) is 1. The second-order valence-electron chi connectivity index (χ2n) is 6.78. The molecule has 7 nitrogen and oxygen atoms in total. The van der Waals surface area contributed by atoms with Crippen LogP contribution in [0.4, 0.5) is 14.9 Å². The number of benzene rings is 2. The SMILES string of the molecule is O=C(O)C[C@H](NC(=O)Nc1cccn(Cc2ccccc2S)c1=O)c1ccc(F)cc1. The van der Waals surface area contributed by atoms with Gasteiger partial charge in [-0.3, -0.25) is 9.59 Å². The Balaban J connectivity index is 1.76. The number of nitrogens with zero attached hydrogens (tertiary/aromatic N) is 1. The van der Waals surface area contributed by atoms with Gasteiger partial charge < -0.3 is 20.3 Å². The molecule has 2 amide bonds. The lowest BCUT2D eigenvalue weighted by molar-refractivity contribution is -0.137. The van der Waals surface area contributed by atoms with E-state index in [1.165, 1.54) is 34.9 Å². The molecule has 2 aromatic carbocycles. The summed E-state index contributed by atoms with van der Waals surface area (Å²) in [6.07, 6.45) is 1.19. The summed E-state index contributed by atoms with van der Waals surface area (Å²) in [6, 6.07) is 13.9. The minimum Gasteiger partial charge on any atom is -0.481 e. The van der Waals surface area contributed by atoms with E-state index in [2.05, 4.69) is 23.3 Å². The van der Waals surface area contributed by atoms with Crippen LogP contribution in [0.15, 0.2) is 76.6 Å². The highest BCUT2D eigenvalue weighted by Gasteiger charge is 2.19. The lowest BCUT2D eigenvalue weighted by Gasteiger charge is -2.18. The third kappa shape index (κ3) is 5.95. The summed E-state index contributed by atoms with van der Waals surface area (Å²) in [5.41, 5.74) is 0.873. The lowest BCUT2D eigenvalue weighted by Crippen LogP contribution is -2.36. The molecule has 0 bridgehead atoms. The van der Waals surface area contributed by atoms with Crippen LogP contribution in [-0.2, 0) is 11.3 Å². The molecule has 3 rings (SSSR count). The third-order valence-corrected chi connectivity index (χ3v) is 4.99. The van der Waals surface area contributed by atoms with Gasteiger partial charge in [0.15, 0.2) is 0 Å². The summed E-state index contributed by atoms with van der Waals surface area (Å²) in [6.45, 7) is 0.271. The first-order valence-electron chi connectivity index (χ1n) is 9.34. The Morgan fingerprint density at radius 1 is 1.06 bits per heavy atom. The average molecular weight is 441 g/mol. The molecule has 0 saturated heterocycles. The number of aliphatic carboxylic acids is 1. The predicted octanol–water partition coefficient (Wildman–Crippen LogP) is 3.66. The number of anilines is 1. The number of carboxylic acids is 1. The number of aromatic nitrogens is 1. The summed E-state index contributed by atoms with van der Waals surface area (Å²) in [4.78, 5) is 37.1. The van der Waals surface area contributed by atoms with E-state index in [0.717, 1.165) is 10.5 Å². The summed E-state index contributed by atoms with van der Waals surface area (Å²) in [7, 11) is 0. The van der Waals surface area contributed by atoms with Crippen LogP contribution in [0.25, 0.3) is 0 Å². The summed E-state index contributed by atoms with van der Waals surface area (Å²) < 4.78 is 14.6. The van der Waals surface area contributed by atoms with Crippen LogP contribution < -0.4 is 16.2 Å². The van der Waals surface area contributed by atoms with Crippen LogP contribution in [0.2, 0.25) is 0 Å². The summed E-state index contributed by atoms with van der Waals surface area (Å²) in [5, 5.41) is 14.1. The largest absolute Gasteiger partial charge is 0.481 e. The molecule has 0 aliphatic carbocycles. The Kier molecular flexibility index (Phi) is 7.09. The van der Waals surface area contributed by atoms with E-state index in [1.54, 1.807) is 12.3 Å². The zero-order valence-electron chi connectivity index (χ0n) is 16.3. The van der Waals surface area contributed by atoms with Gasteiger partial charge in [0.1, 0.15) is 11.5 Å².